The van der Waals surface area contributed by atoms with E-state index in [1.54, 1.807) is 0 Å². The molecule has 6 heteroatoms. The molecule has 0 spiro atoms. The molecule has 0 fully saturated rings. The zero-order valence-corrected chi connectivity index (χ0v) is 18.1. The molecule has 0 atom stereocenters. The van der Waals surface area contributed by atoms with Crippen LogP contribution in [0.3, 0.4) is 0 Å². The van der Waals surface area contributed by atoms with Gasteiger partial charge < -0.3 is 16.4 Å². The highest BCUT2D eigenvalue weighted by molar-refractivity contribution is 5.89. The van der Waals surface area contributed by atoms with Gasteiger partial charge in [0.1, 0.15) is 0 Å². The molecule has 0 aromatic heterocycles. The van der Waals surface area contributed by atoms with E-state index < -0.39 is 0 Å². The second-order valence-corrected chi connectivity index (χ2v) is 9.21. The quantitative estimate of drug-likeness (QED) is 0.635. The minimum absolute atomic E-state index is 0.0143. The van der Waals surface area contributed by atoms with E-state index >= 15 is 0 Å². The van der Waals surface area contributed by atoms with Crippen molar-refractivity contribution in [3.05, 3.63) is 34.9 Å². The van der Waals surface area contributed by atoms with Crippen molar-refractivity contribution in [2.75, 3.05) is 13.1 Å². The lowest BCUT2D eigenvalue weighted by atomic mass is 9.79. The van der Waals surface area contributed by atoms with Crippen LogP contribution in [0.5, 0.6) is 0 Å². The monoisotopic (exact) mass is 389 g/mol. The summed E-state index contributed by atoms with van der Waals surface area (Å²) in [6, 6.07) is 6.49. The maximum absolute atomic E-state index is 12.1. The summed E-state index contributed by atoms with van der Waals surface area (Å²) in [4.78, 5) is 34.9. The fourth-order valence-corrected chi connectivity index (χ4v) is 2.56. The number of nitrogens with two attached hydrogens (primary N) is 1. The van der Waals surface area contributed by atoms with Crippen molar-refractivity contribution in [2.45, 2.75) is 71.8 Å². The lowest BCUT2D eigenvalue weighted by molar-refractivity contribution is -0.126. The molecule has 0 saturated carbocycles. The second kappa shape index (κ2) is 9.82. The largest absolute Gasteiger partial charge is 0.352 e. The number of carbonyl (C=O) groups excluding carboxylic acids is 3. The first kappa shape index (κ1) is 23.8. The van der Waals surface area contributed by atoms with Crippen molar-refractivity contribution in [2.24, 2.45) is 5.73 Å². The Labute approximate surface area is 168 Å². The highest BCUT2D eigenvalue weighted by Crippen LogP contribution is 2.30. The number of nitrogens with one attached hydrogen (secondary N) is 2. The average molecular weight is 390 g/mol. The molecule has 28 heavy (non-hydrogen) atoms. The summed E-state index contributed by atoms with van der Waals surface area (Å²) < 4.78 is 0. The normalized spacial score (nSPS) is 11.8. The minimum atomic E-state index is -0.383. The summed E-state index contributed by atoms with van der Waals surface area (Å²) in [6.45, 7) is 13.2. The van der Waals surface area contributed by atoms with Gasteiger partial charge in [0.15, 0.2) is 5.78 Å². The van der Waals surface area contributed by atoms with Crippen LogP contribution in [0.25, 0.3) is 0 Å². The predicted molar refractivity (Wildman–Crippen MR) is 112 cm³/mol. The molecule has 0 unspecified atom stereocenters. The van der Waals surface area contributed by atoms with Crippen LogP contribution >= 0.6 is 0 Å². The molecule has 1 aromatic carbocycles. The molecule has 0 aliphatic carbocycles. The van der Waals surface area contributed by atoms with E-state index in [4.69, 9.17) is 5.73 Å². The molecule has 1 rings (SSSR count). The molecule has 4 N–H and O–H groups in total. The zero-order chi connectivity index (χ0) is 21.5. The molecule has 0 heterocycles. The van der Waals surface area contributed by atoms with Crippen molar-refractivity contribution >= 4 is 17.6 Å². The topological polar surface area (TPSA) is 101 Å². The van der Waals surface area contributed by atoms with E-state index in [9.17, 15) is 14.4 Å². The number of hydrogen-bond donors (Lipinski definition) is 3. The number of carbonyl (C=O) groups is 3. The number of hydrogen-bond acceptors (Lipinski definition) is 4. The molecule has 0 bridgehead atoms. The Kier molecular flexibility index (Phi) is 8.36. The fourth-order valence-electron chi connectivity index (χ4n) is 2.56. The lowest BCUT2D eigenvalue weighted by Gasteiger charge is -2.26. The van der Waals surface area contributed by atoms with Crippen LogP contribution in [0.1, 0.15) is 71.1 Å². The highest BCUT2D eigenvalue weighted by atomic mass is 16.2. The Bertz CT molecular complexity index is 680. The van der Waals surface area contributed by atoms with E-state index in [0.717, 1.165) is 5.56 Å². The lowest BCUT2D eigenvalue weighted by Crippen LogP contribution is -2.34. The van der Waals surface area contributed by atoms with E-state index in [2.05, 4.69) is 70.4 Å². The van der Waals surface area contributed by atoms with Crippen LogP contribution in [0, 0.1) is 0 Å². The van der Waals surface area contributed by atoms with E-state index in [0.29, 0.717) is 6.54 Å². The van der Waals surface area contributed by atoms with Gasteiger partial charge in [-0.05, 0) is 27.5 Å². The van der Waals surface area contributed by atoms with Gasteiger partial charge in [-0.25, -0.2) is 0 Å². The Morgan fingerprint density at radius 3 is 1.82 bits per heavy atom. The average Bonchev–Trinajstić information content (AvgIpc) is 2.60. The van der Waals surface area contributed by atoms with Crippen molar-refractivity contribution < 1.29 is 14.4 Å². The standard InChI is InChI=1S/C22H35N3O3/c1-21(2,3)16-9-15(10-17(11-16)22(4,5)6)13-24-19(27)8-7-18(26)14-25-20(28)12-23/h9-11H,7-8,12-14,23H2,1-6H3,(H,24,27)(H,25,28). The highest BCUT2D eigenvalue weighted by Gasteiger charge is 2.20. The molecule has 156 valence electrons. The van der Waals surface area contributed by atoms with Gasteiger partial charge in [0.05, 0.1) is 13.1 Å². The fraction of sp³-hybridized carbons (Fsp3) is 0.591. The minimum Gasteiger partial charge on any atom is -0.352 e. The van der Waals surface area contributed by atoms with Crippen LogP contribution in [0.4, 0.5) is 0 Å². The van der Waals surface area contributed by atoms with Gasteiger partial charge >= 0.3 is 0 Å². The van der Waals surface area contributed by atoms with Crippen LogP contribution in [0.15, 0.2) is 18.2 Å². The molecule has 0 aliphatic heterocycles. The smallest absolute Gasteiger partial charge is 0.234 e. The third kappa shape index (κ3) is 8.21. The number of amides is 2. The Morgan fingerprint density at radius 2 is 1.36 bits per heavy atom. The first-order valence-corrected chi connectivity index (χ1v) is 9.73. The zero-order valence-electron chi connectivity index (χ0n) is 18.1. The van der Waals surface area contributed by atoms with Crippen molar-refractivity contribution in [1.82, 2.24) is 10.6 Å². The molecule has 0 saturated heterocycles. The number of benzene rings is 1. The van der Waals surface area contributed by atoms with E-state index in [1.807, 2.05) is 0 Å². The van der Waals surface area contributed by atoms with E-state index in [1.165, 1.54) is 11.1 Å². The van der Waals surface area contributed by atoms with Gasteiger partial charge in [0.25, 0.3) is 0 Å². The summed E-state index contributed by atoms with van der Waals surface area (Å²) in [5, 5.41) is 5.30. The van der Waals surface area contributed by atoms with Gasteiger partial charge in [-0.1, -0.05) is 59.7 Å². The Morgan fingerprint density at radius 1 is 0.821 bits per heavy atom. The second-order valence-electron chi connectivity index (χ2n) is 9.21. The molecule has 1 aromatic rings. The van der Waals surface area contributed by atoms with Gasteiger partial charge in [0, 0.05) is 19.4 Å². The maximum atomic E-state index is 12.1. The third-order valence-electron chi connectivity index (χ3n) is 4.51. The summed E-state index contributed by atoms with van der Waals surface area (Å²) in [5.41, 5.74) is 8.70. The summed E-state index contributed by atoms with van der Waals surface area (Å²) in [5.74, 6) is -0.759. The third-order valence-corrected chi connectivity index (χ3v) is 4.51. The first-order chi connectivity index (χ1) is 12.8. The van der Waals surface area contributed by atoms with Crippen LogP contribution in [-0.2, 0) is 31.8 Å². The van der Waals surface area contributed by atoms with Gasteiger partial charge in [-0.15, -0.1) is 0 Å². The number of ketones is 1. The van der Waals surface area contributed by atoms with Gasteiger partial charge in [-0.2, -0.15) is 0 Å². The van der Waals surface area contributed by atoms with E-state index in [-0.39, 0.29) is 54.4 Å². The summed E-state index contributed by atoms with van der Waals surface area (Å²) in [6.07, 6.45) is 0.189. The SMILES string of the molecule is CC(C)(C)c1cc(CNC(=O)CCC(=O)CNC(=O)CN)cc(C(C)(C)C)c1. The molecule has 6 nitrogen and oxygen atoms in total. The maximum Gasteiger partial charge on any atom is 0.234 e. The Hall–Kier alpha value is -2.21. The van der Waals surface area contributed by atoms with Crippen LogP contribution < -0.4 is 16.4 Å². The molecule has 2 amide bonds. The molecule has 0 radical (unpaired) electrons. The van der Waals surface area contributed by atoms with Gasteiger partial charge in [0.2, 0.25) is 11.8 Å². The number of Topliss-reactive ketones (excluding diaryl/α,β-unsaturated/α-hetero) is 1. The van der Waals surface area contributed by atoms with Crippen LogP contribution in [0.2, 0.25) is 0 Å². The van der Waals surface area contributed by atoms with Crippen molar-refractivity contribution in [1.29, 1.82) is 0 Å². The van der Waals surface area contributed by atoms with Crippen molar-refractivity contribution in [3.8, 4) is 0 Å². The first-order valence-electron chi connectivity index (χ1n) is 9.73. The summed E-state index contributed by atoms with van der Waals surface area (Å²) in [7, 11) is 0. The molecular formula is C22H35N3O3. The number of rotatable bonds is 8. The predicted octanol–water partition coefficient (Wildman–Crippen LogP) is 2.32. The Balaban J connectivity index is 2.67. The molecule has 0 aliphatic rings. The summed E-state index contributed by atoms with van der Waals surface area (Å²) >= 11 is 0. The molecular weight excluding hydrogens is 354 g/mol. The van der Waals surface area contributed by atoms with Crippen LogP contribution in [-0.4, -0.2) is 30.7 Å². The van der Waals surface area contributed by atoms with Gasteiger partial charge in [-0.3, -0.25) is 14.4 Å². The van der Waals surface area contributed by atoms with Crippen molar-refractivity contribution in [3.63, 3.8) is 0 Å².